The number of carbonyl (C=O) groups is 1. The van der Waals surface area contributed by atoms with Crippen molar-refractivity contribution in [3.05, 3.63) is 29.6 Å². The Kier molecular flexibility index (Phi) is 3.32. The number of anilines is 1. The number of hydrogen-bond donors (Lipinski definition) is 2. The van der Waals surface area contributed by atoms with E-state index in [-0.39, 0.29) is 10.7 Å². The lowest BCUT2D eigenvalue weighted by atomic mass is 9.84. The number of methoxy groups -OCH3 is 1. The quantitative estimate of drug-likeness (QED) is 0.649. The fraction of sp³-hybridized carbons (Fsp3) is 0.429. The Bertz CT molecular complexity index is 684. The second-order valence-electron chi connectivity index (χ2n) is 5.49. The van der Waals surface area contributed by atoms with Crippen LogP contribution in [-0.2, 0) is 15.1 Å². The molecule has 1 heterocycles. The minimum atomic E-state index is -1.54. The monoisotopic (exact) mass is 327 g/mol. The van der Waals surface area contributed by atoms with E-state index in [1.54, 1.807) is 0 Å². The zero-order valence-electron chi connectivity index (χ0n) is 11.8. The summed E-state index contributed by atoms with van der Waals surface area (Å²) in [6.45, 7) is -0.974. The Labute approximate surface area is 130 Å². The molecule has 0 saturated heterocycles. The molecule has 0 unspecified atom stereocenters. The van der Waals surface area contributed by atoms with E-state index >= 15 is 0 Å². The number of alkyl halides is 1. The first-order chi connectivity index (χ1) is 10.4. The number of nitrogens with two attached hydrogens (primary N) is 2. The number of nitrogens with zero attached hydrogens (tertiary/aromatic N) is 1. The molecule has 1 aromatic carbocycles. The first kappa shape index (κ1) is 15.1. The van der Waals surface area contributed by atoms with Crippen molar-refractivity contribution in [1.82, 2.24) is 0 Å². The van der Waals surface area contributed by atoms with Crippen molar-refractivity contribution in [2.24, 2.45) is 16.6 Å². The van der Waals surface area contributed by atoms with Gasteiger partial charge in [0.15, 0.2) is 5.17 Å². The third-order valence-corrected chi connectivity index (χ3v) is 5.56. The summed E-state index contributed by atoms with van der Waals surface area (Å²) >= 11 is 1.05. The van der Waals surface area contributed by atoms with Crippen molar-refractivity contribution >= 4 is 28.6 Å². The van der Waals surface area contributed by atoms with E-state index in [9.17, 15) is 13.6 Å². The van der Waals surface area contributed by atoms with Crippen LogP contribution in [0, 0.1) is 11.7 Å². The van der Waals surface area contributed by atoms with E-state index in [0.717, 1.165) is 17.8 Å². The Balaban J connectivity index is 2.16. The molecule has 1 saturated carbocycles. The van der Waals surface area contributed by atoms with E-state index in [4.69, 9.17) is 16.2 Å². The molecule has 0 aromatic heterocycles. The molecule has 3 atom stereocenters. The number of ether oxygens (including phenoxy) is 1. The lowest BCUT2D eigenvalue weighted by molar-refractivity contribution is -0.141. The maximum Gasteiger partial charge on any atom is 0.322 e. The molecule has 0 spiro atoms. The van der Waals surface area contributed by atoms with Gasteiger partial charge in [-0.2, -0.15) is 0 Å². The fourth-order valence-corrected chi connectivity index (χ4v) is 4.49. The van der Waals surface area contributed by atoms with Gasteiger partial charge in [0.05, 0.1) is 7.11 Å². The highest BCUT2D eigenvalue weighted by molar-refractivity contribution is 8.15. The summed E-state index contributed by atoms with van der Waals surface area (Å²) in [6, 6.07) is 3.90. The number of thioether (sulfide) groups is 1. The van der Waals surface area contributed by atoms with Crippen LogP contribution >= 0.6 is 11.8 Å². The molecular formula is C14H15F2N3O2S. The molecule has 22 heavy (non-hydrogen) atoms. The first-order valence-electron chi connectivity index (χ1n) is 6.64. The molecule has 1 aliphatic carbocycles. The molecule has 118 valence electrons. The van der Waals surface area contributed by atoms with Gasteiger partial charge < -0.3 is 16.2 Å². The van der Waals surface area contributed by atoms with Crippen LogP contribution < -0.4 is 11.5 Å². The summed E-state index contributed by atoms with van der Waals surface area (Å²) in [7, 11) is 1.26. The highest BCUT2D eigenvalue weighted by Crippen LogP contribution is 2.66. The number of halogens is 2. The van der Waals surface area contributed by atoms with E-state index in [2.05, 4.69) is 4.99 Å². The second-order valence-corrected chi connectivity index (χ2v) is 6.84. The van der Waals surface area contributed by atoms with Crippen LogP contribution in [0.3, 0.4) is 0 Å². The molecule has 0 amide bonds. The third kappa shape index (κ3) is 1.89. The van der Waals surface area contributed by atoms with Gasteiger partial charge in [0, 0.05) is 17.2 Å². The van der Waals surface area contributed by atoms with E-state index in [1.165, 1.54) is 19.2 Å². The highest BCUT2D eigenvalue weighted by Gasteiger charge is 2.73. The molecule has 1 aliphatic heterocycles. The number of benzene rings is 1. The zero-order chi connectivity index (χ0) is 16.1. The molecule has 0 radical (unpaired) electrons. The minimum Gasteiger partial charge on any atom is -0.468 e. The summed E-state index contributed by atoms with van der Waals surface area (Å²) in [5, 5.41) is 0.0404. The van der Waals surface area contributed by atoms with E-state index < -0.39 is 34.7 Å². The number of amidine groups is 1. The van der Waals surface area contributed by atoms with Crippen molar-refractivity contribution in [2.45, 2.75) is 16.7 Å². The number of hydrogen-bond acceptors (Lipinski definition) is 6. The van der Waals surface area contributed by atoms with Gasteiger partial charge in [0.1, 0.15) is 22.8 Å². The summed E-state index contributed by atoms with van der Waals surface area (Å²) in [5.41, 5.74) is 10.3. The van der Waals surface area contributed by atoms with Crippen LogP contribution in [0.15, 0.2) is 23.2 Å². The van der Waals surface area contributed by atoms with Crippen molar-refractivity contribution in [2.75, 3.05) is 19.5 Å². The SMILES string of the molecule is COC(=O)[C@@]12C[C@@H]1[C@@](CF)(c1cc(N)ccc1F)N=C(N)S2. The summed E-state index contributed by atoms with van der Waals surface area (Å²) in [5.74, 6) is -1.64. The third-order valence-electron chi connectivity index (χ3n) is 4.27. The molecule has 1 fully saturated rings. The Morgan fingerprint density at radius 1 is 1.55 bits per heavy atom. The summed E-state index contributed by atoms with van der Waals surface area (Å²) in [4.78, 5) is 16.2. The van der Waals surface area contributed by atoms with Gasteiger partial charge in [0.2, 0.25) is 0 Å². The van der Waals surface area contributed by atoms with Crippen molar-refractivity contribution in [3.8, 4) is 0 Å². The number of rotatable bonds is 3. The van der Waals surface area contributed by atoms with Gasteiger partial charge in [-0.1, -0.05) is 11.8 Å². The molecular weight excluding hydrogens is 312 g/mol. The zero-order valence-corrected chi connectivity index (χ0v) is 12.6. The molecule has 5 nitrogen and oxygen atoms in total. The lowest BCUT2D eigenvalue weighted by Gasteiger charge is -2.34. The van der Waals surface area contributed by atoms with Gasteiger partial charge in [-0.25, -0.2) is 13.8 Å². The van der Waals surface area contributed by atoms with Crippen LogP contribution in [0.5, 0.6) is 0 Å². The maximum absolute atomic E-state index is 14.3. The molecule has 8 heteroatoms. The number of aliphatic imine (C=N–C) groups is 1. The standard InChI is InChI=1S/C14H15F2N3O2S/c1-21-11(20)14-5-10(14)13(6-15,19-12(18)22-14)8-4-7(17)2-3-9(8)16/h2-4,10H,5-6,17H2,1H3,(H2,18,19)/t10-,13-,14-/m1/s1. The number of esters is 1. The normalized spacial score (nSPS) is 32.9. The maximum atomic E-state index is 14.3. The van der Waals surface area contributed by atoms with Gasteiger partial charge in [-0.05, 0) is 24.6 Å². The average Bonchev–Trinajstić information content (AvgIpc) is 3.24. The predicted molar refractivity (Wildman–Crippen MR) is 80.5 cm³/mol. The molecule has 2 aliphatic rings. The summed E-state index contributed by atoms with van der Waals surface area (Å²) in [6.07, 6.45) is 0.326. The van der Waals surface area contributed by atoms with Crippen molar-refractivity contribution in [3.63, 3.8) is 0 Å². The second kappa shape index (κ2) is 4.84. The van der Waals surface area contributed by atoms with E-state index in [0.29, 0.717) is 12.1 Å². The van der Waals surface area contributed by atoms with Crippen LogP contribution in [0.4, 0.5) is 14.5 Å². The van der Waals surface area contributed by atoms with Gasteiger partial charge >= 0.3 is 5.97 Å². The molecule has 3 rings (SSSR count). The molecule has 1 aromatic rings. The predicted octanol–water partition coefficient (Wildman–Crippen LogP) is 1.57. The fourth-order valence-electron chi connectivity index (χ4n) is 3.15. The number of fused-ring (bicyclic) bond motifs is 1. The largest absolute Gasteiger partial charge is 0.468 e. The minimum absolute atomic E-state index is 0.0222. The Morgan fingerprint density at radius 3 is 2.91 bits per heavy atom. The van der Waals surface area contributed by atoms with Gasteiger partial charge in [0.25, 0.3) is 0 Å². The lowest BCUT2D eigenvalue weighted by Crippen LogP contribution is -2.43. The summed E-state index contributed by atoms with van der Waals surface area (Å²) < 4.78 is 32.0. The number of carbonyl (C=O) groups excluding carboxylic acids is 1. The topological polar surface area (TPSA) is 90.7 Å². The van der Waals surface area contributed by atoms with Crippen molar-refractivity contribution < 1.29 is 18.3 Å². The van der Waals surface area contributed by atoms with Crippen LogP contribution in [0.25, 0.3) is 0 Å². The molecule has 0 bridgehead atoms. The Hall–Kier alpha value is -1.83. The highest BCUT2D eigenvalue weighted by atomic mass is 32.2. The average molecular weight is 327 g/mol. The first-order valence-corrected chi connectivity index (χ1v) is 7.45. The van der Waals surface area contributed by atoms with Gasteiger partial charge in [-0.15, -0.1) is 0 Å². The number of nitrogen functional groups attached to an aromatic ring is 1. The Morgan fingerprint density at radius 2 is 2.27 bits per heavy atom. The molecule has 4 N–H and O–H groups in total. The smallest absolute Gasteiger partial charge is 0.322 e. The van der Waals surface area contributed by atoms with Crippen LogP contribution in [0.1, 0.15) is 12.0 Å². The van der Waals surface area contributed by atoms with Crippen LogP contribution in [-0.4, -0.2) is 29.7 Å². The van der Waals surface area contributed by atoms with Crippen LogP contribution in [0.2, 0.25) is 0 Å². The van der Waals surface area contributed by atoms with E-state index in [1.807, 2.05) is 0 Å². The van der Waals surface area contributed by atoms with Crippen molar-refractivity contribution in [1.29, 1.82) is 0 Å². The van der Waals surface area contributed by atoms with Gasteiger partial charge in [-0.3, -0.25) is 4.79 Å².